The molecule has 0 radical (unpaired) electrons. The fourth-order valence-corrected chi connectivity index (χ4v) is 5.65. The van der Waals surface area contributed by atoms with Gasteiger partial charge in [0, 0.05) is 60.8 Å². The van der Waals surface area contributed by atoms with E-state index in [1.807, 2.05) is 35.2 Å². The molecule has 1 aromatic carbocycles. The number of rotatable bonds is 5. The van der Waals surface area contributed by atoms with Crippen molar-refractivity contribution in [1.82, 2.24) is 29.8 Å². The minimum Gasteiger partial charge on any atom is -0.369 e. The SMILES string of the molecule is O=C(c1ncc[nH]1)N1CC2CCCCC2(CNc2nc(-c3cccnc3)nc3ccccc23)C1. The summed E-state index contributed by atoms with van der Waals surface area (Å²) in [5.41, 5.74) is 1.82. The molecule has 1 aliphatic carbocycles. The van der Waals surface area contributed by atoms with Crippen molar-refractivity contribution in [2.24, 2.45) is 11.3 Å². The van der Waals surface area contributed by atoms with Crippen molar-refractivity contribution in [3.63, 3.8) is 0 Å². The van der Waals surface area contributed by atoms with Crippen LogP contribution in [0, 0.1) is 11.3 Å². The Labute approximate surface area is 197 Å². The third-order valence-corrected chi connectivity index (χ3v) is 7.41. The predicted molar refractivity (Wildman–Crippen MR) is 130 cm³/mol. The fraction of sp³-hybridized carbons (Fsp3) is 0.346. The Morgan fingerprint density at radius 1 is 1.15 bits per heavy atom. The maximum Gasteiger partial charge on any atom is 0.289 e. The number of aromatic amines is 1. The second kappa shape index (κ2) is 8.52. The van der Waals surface area contributed by atoms with Crippen LogP contribution >= 0.6 is 0 Å². The molecule has 8 nitrogen and oxygen atoms in total. The van der Waals surface area contributed by atoms with Gasteiger partial charge in [-0.1, -0.05) is 25.0 Å². The van der Waals surface area contributed by atoms with E-state index in [0.717, 1.165) is 54.8 Å². The number of nitrogens with one attached hydrogen (secondary N) is 2. The summed E-state index contributed by atoms with van der Waals surface area (Å²) in [5.74, 6) is 2.38. The third kappa shape index (κ3) is 3.69. The lowest BCUT2D eigenvalue weighted by molar-refractivity contribution is 0.0761. The molecular formula is C26H27N7O. The standard InChI is InChI=1S/C26H27N7O/c34-25(24-28-12-13-29-24)33-15-19-7-3-4-10-26(19,17-33)16-30-23-20-8-1-2-9-21(20)31-22(32-23)18-6-5-11-27-14-18/h1-2,5-6,8-9,11-14,19H,3-4,7,10,15-17H2,(H,28,29)(H,30,31,32). The number of hydrogen-bond donors (Lipinski definition) is 2. The molecule has 172 valence electrons. The molecule has 2 fully saturated rings. The molecule has 2 unspecified atom stereocenters. The zero-order chi connectivity index (χ0) is 23.0. The van der Waals surface area contributed by atoms with Crippen molar-refractivity contribution in [3.8, 4) is 11.4 Å². The molecule has 1 amide bonds. The number of carbonyl (C=O) groups excluding carboxylic acids is 1. The number of hydrogen-bond acceptors (Lipinski definition) is 6. The highest BCUT2D eigenvalue weighted by Crippen LogP contribution is 2.47. The van der Waals surface area contributed by atoms with Crippen LogP contribution in [0.2, 0.25) is 0 Å². The van der Waals surface area contributed by atoms with Crippen LogP contribution in [0.1, 0.15) is 36.3 Å². The largest absolute Gasteiger partial charge is 0.369 e. The number of fused-ring (bicyclic) bond motifs is 2. The lowest BCUT2D eigenvalue weighted by Gasteiger charge is -2.38. The van der Waals surface area contributed by atoms with Gasteiger partial charge < -0.3 is 15.2 Å². The third-order valence-electron chi connectivity index (χ3n) is 7.41. The molecule has 0 bridgehead atoms. The number of H-pyrrole nitrogens is 1. The molecule has 1 saturated carbocycles. The Balaban J connectivity index is 1.30. The number of carbonyl (C=O) groups is 1. The Morgan fingerprint density at radius 3 is 2.94 bits per heavy atom. The van der Waals surface area contributed by atoms with Crippen molar-refractivity contribution in [1.29, 1.82) is 0 Å². The van der Waals surface area contributed by atoms with Gasteiger partial charge in [0.1, 0.15) is 5.82 Å². The van der Waals surface area contributed by atoms with Crippen LogP contribution in [0.25, 0.3) is 22.3 Å². The Bertz CT molecular complexity index is 1310. The summed E-state index contributed by atoms with van der Waals surface area (Å²) < 4.78 is 0. The van der Waals surface area contributed by atoms with E-state index in [4.69, 9.17) is 9.97 Å². The zero-order valence-electron chi connectivity index (χ0n) is 18.9. The number of likely N-dealkylation sites (tertiary alicyclic amines) is 1. The molecule has 2 N–H and O–H groups in total. The molecule has 1 saturated heterocycles. The van der Waals surface area contributed by atoms with E-state index >= 15 is 0 Å². The highest BCUT2D eigenvalue weighted by molar-refractivity contribution is 5.91. The first-order chi connectivity index (χ1) is 16.7. The first-order valence-corrected chi connectivity index (χ1v) is 11.9. The van der Waals surface area contributed by atoms with Crippen LogP contribution in [0.4, 0.5) is 5.82 Å². The molecular weight excluding hydrogens is 426 g/mol. The maximum atomic E-state index is 13.0. The van der Waals surface area contributed by atoms with Crippen LogP contribution in [0.15, 0.2) is 61.2 Å². The normalized spacial score (nSPS) is 22.0. The number of amides is 1. The highest BCUT2D eigenvalue weighted by atomic mass is 16.2. The van der Waals surface area contributed by atoms with Gasteiger partial charge >= 0.3 is 0 Å². The van der Waals surface area contributed by atoms with E-state index in [1.54, 1.807) is 24.8 Å². The van der Waals surface area contributed by atoms with Gasteiger partial charge in [-0.3, -0.25) is 9.78 Å². The number of benzene rings is 1. The summed E-state index contributed by atoms with van der Waals surface area (Å²) in [6.45, 7) is 2.29. The zero-order valence-corrected chi connectivity index (χ0v) is 18.9. The summed E-state index contributed by atoms with van der Waals surface area (Å²) in [5, 5.41) is 4.69. The molecule has 34 heavy (non-hydrogen) atoms. The van der Waals surface area contributed by atoms with Gasteiger partial charge in [-0.05, 0) is 43.0 Å². The van der Waals surface area contributed by atoms with E-state index < -0.39 is 0 Å². The average molecular weight is 454 g/mol. The summed E-state index contributed by atoms with van der Waals surface area (Å²) in [6.07, 6.45) is 11.5. The van der Waals surface area contributed by atoms with Crippen LogP contribution in [-0.2, 0) is 0 Å². The monoisotopic (exact) mass is 453 g/mol. The number of nitrogens with zero attached hydrogens (tertiary/aromatic N) is 5. The Morgan fingerprint density at radius 2 is 2.09 bits per heavy atom. The fourth-order valence-electron chi connectivity index (χ4n) is 5.65. The minimum atomic E-state index is -0.00914. The van der Waals surface area contributed by atoms with E-state index in [2.05, 4.69) is 26.3 Å². The van der Waals surface area contributed by atoms with Gasteiger partial charge in [0.15, 0.2) is 11.6 Å². The van der Waals surface area contributed by atoms with Gasteiger partial charge in [0.25, 0.3) is 5.91 Å². The second-order valence-corrected chi connectivity index (χ2v) is 9.44. The number of pyridine rings is 1. The van der Waals surface area contributed by atoms with Crippen molar-refractivity contribution in [3.05, 3.63) is 67.0 Å². The van der Waals surface area contributed by atoms with Crippen molar-refractivity contribution >= 4 is 22.6 Å². The van der Waals surface area contributed by atoms with E-state index in [0.29, 0.717) is 17.6 Å². The van der Waals surface area contributed by atoms with Gasteiger partial charge in [-0.15, -0.1) is 0 Å². The molecule has 3 aromatic heterocycles. The first-order valence-electron chi connectivity index (χ1n) is 11.9. The average Bonchev–Trinajstić information content (AvgIpc) is 3.56. The van der Waals surface area contributed by atoms with Crippen LogP contribution in [0.3, 0.4) is 0 Å². The molecule has 1 aliphatic heterocycles. The topological polar surface area (TPSA) is 99.7 Å². The lowest BCUT2D eigenvalue weighted by atomic mass is 9.68. The molecule has 6 rings (SSSR count). The number of para-hydroxylation sites is 1. The van der Waals surface area contributed by atoms with E-state index in [9.17, 15) is 4.79 Å². The Kier molecular flexibility index (Phi) is 5.20. The molecule has 2 atom stereocenters. The second-order valence-electron chi connectivity index (χ2n) is 9.44. The molecule has 4 heterocycles. The molecule has 0 spiro atoms. The molecule has 2 aliphatic rings. The number of aromatic nitrogens is 5. The van der Waals surface area contributed by atoms with Gasteiger partial charge in [0.05, 0.1) is 5.52 Å². The molecule has 8 heteroatoms. The minimum absolute atomic E-state index is 0.00914. The van der Waals surface area contributed by atoms with Gasteiger partial charge in [0.2, 0.25) is 0 Å². The van der Waals surface area contributed by atoms with Crippen LogP contribution in [-0.4, -0.2) is 55.4 Å². The number of anilines is 1. The lowest BCUT2D eigenvalue weighted by Crippen LogP contribution is -2.40. The summed E-state index contributed by atoms with van der Waals surface area (Å²) in [7, 11) is 0. The summed E-state index contributed by atoms with van der Waals surface area (Å²) in [6, 6.07) is 12.0. The van der Waals surface area contributed by atoms with Gasteiger partial charge in [-0.2, -0.15) is 0 Å². The summed E-state index contributed by atoms with van der Waals surface area (Å²) in [4.78, 5) is 36.1. The van der Waals surface area contributed by atoms with Crippen molar-refractivity contribution < 1.29 is 4.79 Å². The predicted octanol–water partition coefficient (Wildman–Crippen LogP) is 4.16. The van der Waals surface area contributed by atoms with E-state index in [1.165, 1.54) is 12.8 Å². The smallest absolute Gasteiger partial charge is 0.289 e. The maximum absolute atomic E-state index is 13.0. The molecule has 4 aromatic rings. The van der Waals surface area contributed by atoms with E-state index in [-0.39, 0.29) is 11.3 Å². The van der Waals surface area contributed by atoms with Crippen molar-refractivity contribution in [2.75, 3.05) is 25.0 Å². The van der Waals surface area contributed by atoms with Crippen molar-refractivity contribution in [2.45, 2.75) is 25.7 Å². The first kappa shape index (κ1) is 20.8. The quantitative estimate of drug-likeness (QED) is 0.471. The summed E-state index contributed by atoms with van der Waals surface area (Å²) >= 11 is 0. The van der Waals surface area contributed by atoms with Gasteiger partial charge in [-0.25, -0.2) is 15.0 Å². The van der Waals surface area contributed by atoms with Crippen LogP contribution in [0.5, 0.6) is 0 Å². The highest BCUT2D eigenvalue weighted by Gasteiger charge is 2.49. The number of imidazole rings is 1. The van der Waals surface area contributed by atoms with Crippen LogP contribution < -0.4 is 5.32 Å². The Hall–Kier alpha value is -3.81.